The van der Waals surface area contributed by atoms with Gasteiger partial charge in [0.25, 0.3) is 0 Å². The summed E-state index contributed by atoms with van der Waals surface area (Å²) in [5, 5.41) is 9.39. The van der Waals surface area contributed by atoms with Gasteiger partial charge in [0.05, 0.1) is 6.61 Å². The van der Waals surface area contributed by atoms with Crippen LogP contribution in [-0.2, 0) is 6.61 Å². The van der Waals surface area contributed by atoms with E-state index in [0.717, 1.165) is 24.1 Å². The Morgan fingerprint density at radius 1 is 1.25 bits per heavy atom. The summed E-state index contributed by atoms with van der Waals surface area (Å²) in [5.41, 5.74) is 3.38. The van der Waals surface area contributed by atoms with Crippen molar-refractivity contribution in [3.63, 3.8) is 0 Å². The van der Waals surface area contributed by atoms with Gasteiger partial charge in [-0.15, -0.1) is 0 Å². The van der Waals surface area contributed by atoms with Gasteiger partial charge in [-0.1, -0.05) is 31.5 Å². The molecule has 0 aliphatic heterocycles. The molecule has 0 aromatic heterocycles. The molecular weight excluding hydrogens is 198 g/mol. The highest BCUT2D eigenvalue weighted by Crippen LogP contribution is 2.24. The molecule has 1 aromatic carbocycles. The first kappa shape index (κ1) is 13.0. The summed E-state index contributed by atoms with van der Waals surface area (Å²) in [4.78, 5) is 2.28. The first-order chi connectivity index (χ1) is 7.63. The largest absolute Gasteiger partial charge is 0.392 e. The van der Waals surface area contributed by atoms with Crippen molar-refractivity contribution in [1.82, 2.24) is 0 Å². The molecule has 1 rings (SSSR count). The monoisotopic (exact) mass is 221 g/mol. The van der Waals surface area contributed by atoms with E-state index < -0.39 is 0 Å². The lowest BCUT2D eigenvalue weighted by atomic mass is 10.1. The van der Waals surface area contributed by atoms with Crippen molar-refractivity contribution in [2.45, 2.75) is 46.3 Å². The van der Waals surface area contributed by atoms with Crippen LogP contribution in [0.25, 0.3) is 0 Å². The third kappa shape index (κ3) is 2.76. The highest BCUT2D eigenvalue weighted by molar-refractivity contribution is 5.54. The highest BCUT2D eigenvalue weighted by Gasteiger charge is 2.14. The molecule has 0 saturated carbocycles. The van der Waals surface area contributed by atoms with Gasteiger partial charge in [0.1, 0.15) is 0 Å². The van der Waals surface area contributed by atoms with Gasteiger partial charge in [0.2, 0.25) is 0 Å². The summed E-state index contributed by atoms with van der Waals surface area (Å²) in [6.45, 7) is 6.58. The zero-order chi connectivity index (χ0) is 12.1. The van der Waals surface area contributed by atoms with Crippen molar-refractivity contribution in [2.24, 2.45) is 0 Å². The van der Waals surface area contributed by atoms with Crippen LogP contribution in [0.3, 0.4) is 0 Å². The van der Waals surface area contributed by atoms with E-state index in [1.54, 1.807) is 0 Å². The molecule has 0 aliphatic carbocycles. The smallest absolute Gasteiger partial charge is 0.0702 e. The summed E-state index contributed by atoms with van der Waals surface area (Å²) in [5.74, 6) is 0. The van der Waals surface area contributed by atoms with Crippen LogP contribution in [0.4, 0.5) is 5.69 Å². The van der Waals surface area contributed by atoms with Crippen molar-refractivity contribution in [2.75, 3.05) is 11.9 Å². The highest BCUT2D eigenvalue weighted by atomic mass is 16.3. The minimum atomic E-state index is 0.113. The number of hydrogen-bond acceptors (Lipinski definition) is 2. The molecule has 0 unspecified atom stereocenters. The van der Waals surface area contributed by atoms with E-state index in [2.05, 4.69) is 50.9 Å². The van der Waals surface area contributed by atoms with Gasteiger partial charge in [-0.2, -0.15) is 0 Å². The number of aliphatic hydroxyl groups is 1. The SMILES string of the molecule is CCC(CC)N(C)c1ccc(C)cc1CO. The Morgan fingerprint density at radius 3 is 2.38 bits per heavy atom. The van der Waals surface area contributed by atoms with Gasteiger partial charge in [-0.05, 0) is 25.8 Å². The zero-order valence-corrected chi connectivity index (χ0v) is 10.8. The van der Waals surface area contributed by atoms with Crippen LogP contribution >= 0.6 is 0 Å². The van der Waals surface area contributed by atoms with Crippen LogP contribution in [0.2, 0.25) is 0 Å². The summed E-state index contributed by atoms with van der Waals surface area (Å²) < 4.78 is 0. The first-order valence-electron chi connectivity index (χ1n) is 6.07. The Bertz CT molecular complexity index is 332. The summed E-state index contributed by atoms with van der Waals surface area (Å²) in [6.07, 6.45) is 2.26. The molecule has 0 saturated heterocycles. The van der Waals surface area contributed by atoms with Crippen molar-refractivity contribution in [3.8, 4) is 0 Å². The predicted octanol–water partition coefficient (Wildman–Crippen LogP) is 3.11. The van der Waals surface area contributed by atoms with Crippen molar-refractivity contribution < 1.29 is 5.11 Å². The third-order valence-electron chi connectivity index (χ3n) is 3.28. The standard InChI is InChI=1S/C14H23NO/c1-5-13(6-2)15(4)14-8-7-11(3)9-12(14)10-16/h7-9,13,16H,5-6,10H2,1-4H3. The van der Waals surface area contributed by atoms with Gasteiger partial charge in [-0.25, -0.2) is 0 Å². The van der Waals surface area contributed by atoms with Gasteiger partial charge in [-0.3, -0.25) is 0 Å². The molecule has 2 nitrogen and oxygen atoms in total. The second kappa shape index (κ2) is 5.90. The van der Waals surface area contributed by atoms with Crippen molar-refractivity contribution >= 4 is 5.69 Å². The van der Waals surface area contributed by atoms with Crippen molar-refractivity contribution in [1.29, 1.82) is 0 Å². The number of benzene rings is 1. The van der Waals surface area contributed by atoms with Crippen molar-refractivity contribution in [3.05, 3.63) is 29.3 Å². The van der Waals surface area contributed by atoms with Crippen LogP contribution in [0.1, 0.15) is 37.8 Å². The Hall–Kier alpha value is -1.02. The second-order valence-corrected chi connectivity index (χ2v) is 4.37. The van der Waals surface area contributed by atoms with Crippen LogP contribution in [0, 0.1) is 6.92 Å². The van der Waals surface area contributed by atoms with E-state index in [1.807, 2.05) is 0 Å². The molecule has 0 atom stereocenters. The lowest BCUT2D eigenvalue weighted by Gasteiger charge is -2.30. The Morgan fingerprint density at radius 2 is 1.88 bits per heavy atom. The Balaban J connectivity index is 3.02. The molecule has 0 amide bonds. The molecule has 2 heteroatoms. The van der Waals surface area contributed by atoms with Crippen LogP contribution in [-0.4, -0.2) is 18.2 Å². The molecule has 0 spiro atoms. The van der Waals surface area contributed by atoms with E-state index in [4.69, 9.17) is 0 Å². The topological polar surface area (TPSA) is 23.5 Å². The third-order valence-corrected chi connectivity index (χ3v) is 3.28. The molecule has 0 radical (unpaired) electrons. The molecule has 90 valence electrons. The molecule has 0 heterocycles. The van der Waals surface area contributed by atoms with E-state index in [9.17, 15) is 5.11 Å². The fourth-order valence-electron chi connectivity index (χ4n) is 2.22. The number of aryl methyl sites for hydroxylation is 1. The van der Waals surface area contributed by atoms with E-state index in [-0.39, 0.29) is 6.61 Å². The molecule has 0 fully saturated rings. The van der Waals surface area contributed by atoms with Gasteiger partial charge >= 0.3 is 0 Å². The van der Waals surface area contributed by atoms with Gasteiger partial charge in [0.15, 0.2) is 0 Å². The lowest BCUT2D eigenvalue weighted by molar-refractivity contribution is 0.282. The maximum Gasteiger partial charge on any atom is 0.0702 e. The average Bonchev–Trinajstić information content (AvgIpc) is 2.30. The number of anilines is 1. The molecule has 16 heavy (non-hydrogen) atoms. The van der Waals surface area contributed by atoms with Gasteiger partial charge in [0, 0.05) is 24.3 Å². The van der Waals surface area contributed by atoms with Crippen LogP contribution in [0.15, 0.2) is 18.2 Å². The number of hydrogen-bond donors (Lipinski definition) is 1. The van der Waals surface area contributed by atoms with Crippen LogP contribution in [0.5, 0.6) is 0 Å². The zero-order valence-electron chi connectivity index (χ0n) is 10.8. The maximum absolute atomic E-state index is 9.39. The summed E-state index contributed by atoms with van der Waals surface area (Å²) in [6, 6.07) is 6.83. The second-order valence-electron chi connectivity index (χ2n) is 4.37. The fraction of sp³-hybridized carbons (Fsp3) is 0.571. The molecular formula is C14H23NO. The Kier molecular flexibility index (Phi) is 4.81. The minimum absolute atomic E-state index is 0.113. The first-order valence-corrected chi connectivity index (χ1v) is 6.07. The lowest BCUT2D eigenvalue weighted by Crippen LogP contribution is -2.31. The van der Waals surface area contributed by atoms with E-state index >= 15 is 0 Å². The molecule has 0 bridgehead atoms. The fourth-order valence-corrected chi connectivity index (χ4v) is 2.22. The maximum atomic E-state index is 9.39. The summed E-state index contributed by atoms with van der Waals surface area (Å²) >= 11 is 0. The minimum Gasteiger partial charge on any atom is -0.392 e. The molecule has 1 aromatic rings. The average molecular weight is 221 g/mol. The molecule has 0 aliphatic rings. The quantitative estimate of drug-likeness (QED) is 0.826. The predicted molar refractivity (Wildman–Crippen MR) is 69.9 cm³/mol. The van der Waals surface area contributed by atoms with E-state index in [0.29, 0.717) is 6.04 Å². The number of rotatable bonds is 5. The summed E-state index contributed by atoms with van der Waals surface area (Å²) in [7, 11) is 2.11. The molecule has 1 N–H and O–H groups in total. The normalized spacial score (nSPS) is 10.9. The van der Waals surface area contributed by atoms with E-state index in [1.165, 1.54) is 5.56 Å². The number of aliphatic hydroxyl groups excluding tert-OH is 1. The van der Waals surface area contributed by atoms with Crippen LogP contribution < -0.4 is 4.90 Å². The number of nitrogens with zero attached hydrogens (tertiary/aromatic N) is 1. The Labute approximate surface area is 98.9 Å². The van der Waals surface area contributed by atoms with Gasteiger partial charge < -0.3 is 10.0 Å².